The minimum atomic E-state index is -4.36. The lowest BCUT2D eigenvalue weighted by Crippen LogP contribution is -2.28. The van der Waals surface area contributed by atoms with Crippen molar-refractivity contribution in [1.29, 1.82) is 0 Å². The normalized spacial score (nSPS) is 11.4. The fourth-order valence-corrected chi connectivity index (χ4v) is 1.59. The van der Waals surface area contributed by atoms with Gasteiger partial charge in [-0.15, -0.1) is 11.6 Å². The summed E-state index contributed by atoms with van der Waals surface area (Å²) < 4.78 is 42.1. The predicted octanol–water partition coefficient (Wildman–Crippen LogP) is 2.62. The van der Waals surface area contributed by atoms with E-state index in [9.17, 15) is 18.0 Å². The van der Waals surface area contributed by atoms with Gasteiger partial charge in [0.2, 0.25) is 5.91 Å². The average molecular weight is 310 g/mol. The molecule has 112 valence electrons. The highest BCUT2D eigenvalue weighted by Crippen LogP contribution is 2.29. The van der Waals surface area contributed by atoms with Crippen LogP contribution in [0.15, 0.2) is 24.3 Å². The summed E-state index contributed by atoms with van der Waals surface area (Å²) in [4.78, 5) is 11.5. The molecule has 0 heterocycles. The summed E-state index contributed by atoms with van der Waals surface area (Å²) in [6, 6.07) is 4.52. The summed E-state index contributed by atoms with van der Waals surface area (Å²) in [5, 5.41) is 2.61. The molecule has 0 aliphatic heterocycles. The van der Waals surface area contributed by atoms with Gasteiger partial charge in [-0.05, 0) is 17.7 Å². The van der Waals surface area contributed by atoms with E-state index in [0.29, 0.717) is 31.2 Å². The summed E-state index contributed by atoms with van der Waals surface area (Å²) in [7, 11) is 0. The Bertz CT molecular complexity index is 421. The predicted molar refractivity (Wildman–Crippen MR) is 69.7 cm³/mol. The number of rotatable bonds is 7. The molecule has 1 aromatic carbocycles. The Morgan fingerprint density at radius 1 is 1.20 bits per heavy atom. The quantitative estimate of drug-likeness (QED) is 0.621. The van der Waals surface area contributed by atoms with Crippen LogP contribution in [-0.2, 0) is 22.1 Å². The smallest absolute Gasteiger partial charge is 0.378 e. The van der Waals surface area contributed by atoms with E-state index in [1.807, 2.05) is 0 Å². The largest absolute Gasteiger partial charge is 0.416 e. The third kappa shape index (κ3) is 6.25. The number of ether oxygens (including phenoxy) is 1. The third-order valence-electron chi connectivity index (χ3n) is 2.44. The van der Waals surface area contributed by atoms with Crippen LogP contribution in [0.1, 0.15) is 11.1 Å². The fraction of sp³-hybridized carbons (Fsp3) is 0.462. The van der Waals surface area contributed by atoms with E-state index in [-0.39, 0.29) is 12.3 Å². The van der Waals surface area contributed by atoms with Crippen molar-refractivity contribution in [2.45, 2.75) is 12.6 Å². The second kappa shape index (κ2) is 8.11. The van der Waals surface area contributed by atoms with E-state index >= 15 is 0 Å². The van der Waals surface area contributed by atoms with Gasteiger partial charge in [-0.1, -0.05) is 12.1 Å². The molecule has 0 radical (unpaired) electrons. The zero-order chi connectivity index (χ0) is 15.0. The first-order valence-corrected chi connectivity index (χ1v) is 6.53. The first kappa shape index (κ1) is 16.8. The van der Waals surface area contributed by atoms with Gasteiger partial charge in [0.25, 0.3) is 0 Å². The standard InChI is InChI=1S/C13H15ClF3NO2/c14-5-7-20-8-6-18-12(19)9-10-1-3-11(4-2-10)13(15,16)17/h1-4H,5-9H2,(H,18,19). The van der Waals surface area contributed by atoms with Gasteiger partial charge in [-0.3, -0.25) is 4.79 Å². The van der Waals surface area contributed by atoms with Crippen molar-refractivity contribution in [2.75, 3.05) is 25.6 Å². The number of nitrogens with one attached hydrogen (secondary N) is 1. The van der Waals surface area contributed by atoms with Gasteiger partial charge in [0.1, 0.15) is 0 Å². The van der Waals surface area contributed by atoms with Gasteiger partial charge in [-0.25, -0.2) is 0 Å². The van der Waals surface area contributed by atoms with Gasteiger partial charge >= 0.3 is 6.18 Å². The second-order valence-electron chi connectivity index (χ2n) is 4.02. The SMILES string of the molecule is O=C(Cc1ccc(C(F)(F)F)cc1)NCCOCCCl. The number of amides is 1. The third-order valence-corrected chi connectivity index (χ3v) is 2.59. The lowest BCUT2D eigenvalue weighted by Gasteiger charge is -2.08. The molecule has 1 aromatic rings. The summed E-state index contributed by atoms with van der Waals surface area (Å²) in [6.45, 7) is 1.11. The highest BCUT2D eigenvalue weighted by molar-refractivity contribution is 6.17. The molecule has 0 fully saturated rings. The lowest BCUT2D eigenvalue weighted by atomic mass is 10.1. The van der Waals surface area contributed by atoms with Gasteiger partial charge in [0.05, 0.1) is 25.2 Å². The van der Waals surface area contributed by atoms with Crippen LogP contribution in [0.4, 0.5) is 13.2 Å². The maximum Gasteiger partial charge on any atom is 0.416 e. The van der Waals surface area contributed by atoms with Crippen molar-refractivity contribution < 1.29 is 22.7 Å². The Morgan fingerprint density at radius 3 is 2.40 bits per heavy atom. The Kier molecular flexibility index (Phi) is 6.81. The molecule has 1 rings (SSSR count). The van der Waals surface area contributed by atoms with Gasteiger partial charge in [-0.2, -0.15) is 13.2 Å². The molecule has 0 bridgehead atoms. The van der Waals surface area contributed by atoms with E-state index in [4.69, 9.17) is 16.3 Å². The number of carbonyl (C=O) groups excluding carboxylic acids is 1. The van der Waals surface area contributed by atoms with E-state index < -0.39 is 11.7 Å². The van der Waals surface area contributed by atoms with Crippen molar-refractivity contribution in [3.63, 3.8) is 0 Å². The minimum Gasteiger partial charge on any atom is -0.378 e. The van der Waals surface area contributed by atoms with Crippen LogP contribution < -0.4 is 5.32 Å². The molecule has 0 saturated carbocycles. The summed E-state index contributed by atoms with van der Waals surface area (Å²) >= 11 is 5.40. The summed E-state index contributed by atoms with van der Waals surface area (Å²) in [6.07, 6.45) is -4.33. The fourth-order valence-electron chi connectivity index (χ4n) is 1.48. The van der Waals surface area contributed by atoms with Crippen LogP contribution in [0, 0.1) is 0 Å². The molecule has 0 aromatic heterocycles. The van der Waals surface area contributed by atoms with Gasteiger partial charge < -0.3 is 10.1 Å². The van der Waals surface area contributed by atoms with Crippen molar-refractivity contribution in [1.82, 2.24) is 5.32 Å². The van der Waals surface area contributed by atoms with Crippen LogP contribution in [-0.4, -0.2) is 31.5 Å². The Balaban J connectivity index is 2.35. The van der Waals surface area contributed by atoms with E-state index in [0.717, 1.165) is 12.1 Å². The van der Waals surface area contributed by atoms with E-state index in [1.165, 1.54) is 12.1 Å². The number of carbonyl (C=O) groups is 1. The highest BCUT2D eigenvalue weighted by Gasteiger charge is 2.29. The van der Waals surface area contributed by atoms with E-state index in [2.05, 4.69) is 5.32 Å². The zero-order valence-electron chi connectivity index (χ0n) is 10.7. The monoisotopic (exact) mass is 309 g/mol. The molecule has 1 amide bonds. The van der Waals surface area contributed by atoms with Crippen LogP contribution in [0.25, 0.3) is 0 Å². The number of alkyl halides is 4. The van der Waals surface area contributed by atoms with Crippen LogP contribution in [0.3, 0.4) is 0 Å². The average Bonchev–Trinajstić information content (AvgIpc) is 2.38. The molecular weight excluding hydrogens is 295 g/mol. The molecule has 0 saturated heterocycles. The van der Waals surface area contributed by atoms with E-state index in [1.54, 1.807) is 0 Å². The molecule has 0 unspecified atom stereocenters. The molecule has 0 atom stereocenters. The van der Waals surface area contributed by atoms with Crippen molar-refractivity contribution in [3.8, 4) is 0 Å². The first-order chi connectivity index (χ1) is 9.43. The minimum absolute atomic E-state index is 0.0354. The Hall–Kier alpha value is -1.27. The molecule has 0 aliphatic carbocycles. The van der Waals surface area contributed by atoms with Crippen molar-refractivity contribution in [3.05, 3.63) is 35.4 Å². The Morgan fingerprint density at radius 2 is 1.85 bits per heavy atom. The maximum atomic E-state index is 12.3. The number of hydrogen-bond acceptors (Lipinski definition) is 2. The number of benzene rings is 1. The Labute approximate surface area is 120 Å². The second-order valence-corrected chi connectivity index (χ2v) is 4.40. The van der Waals surface area contributed by atoms with Crippen LogP contribution >= 0.6 is 11.6 Å². The molecule has 3 nitrogen and oxygen atoms in total. The molecule has 0 aliphatic rings. The van der Waals surface area contributed by atoms with Crippen molar-refractivity contribution in [2.24, 2.45) is 0 Å². The number of hydrogen-bond donors (Lipinski definition) is 1. The van der Waals surface area contributed by atoms with Gasteiger partial charge in [0, 0.05) is 12.4 Å². The highest BCUT2D eigenvalue weighted by atomic mass is 35.5. The van der Waals surface area contributed by atoms with Crippen molar-refractivity contribution >= 4 is 17.5 Å². The molecule has 7 heteroatoms. The van der Waals surface area contributed by atoms with Crippen LogP contribution in [0.2, 0.25) is 0 Å². The molecule has 20 heavy (non-hydrogen) atoms. The summed E-state index contributed by atoms with van der Waals surface area (Å²) in [5.74, 6) is 0.124. The zero-order valence-corrected chi connectivity index (χ0v) is 11.4. The maximum absolute atomic E-state index is 12.3. The lowest BCUT2D eigenvalue weighted by molar-refractivity contribution is -0.137. The molecular formula is C13H15ClF3NO2. The van der Waals surface area contributed by atoms with Gasteiger partial charge in [0.15, 0.2) is 0 Å². The molecule has 1 N–H and O–H groups in total. The summed E-state index contributed by atoms with van der Waals surface area (Å²) in [5.41, 5.74) is -0.201. The topological polar surface area (TPSA) is 38.3 Å². The molecule has 0 spiro atoms. The van der Waals surface area contributed by atoms with Crippen LogP contribution in [0.5, 0.6) is 0 Å². The number of halogens is 4. The first-order valence-electron chi connectivity index (χ1n) is 6.00.